The second-order valence-corrected chi connectivity index (χ2v) is 7.22. The standard InChI is InChI=1S/C19H27N3O5/c1-26-18(23)16-13-15(5-6-17(16)22(24)25)20-14-19(7-11-27-12-8-19)21-9-3-2-4-10-21/h5-6,13,20H,2-4,7-12,14H2,1H3. The highest BCUT2D eigenvalue weighted by Crippen LogP contribution is 2.32. The zero-order valence-electron chi connectivity index (χ0n) is 15.7. The van der Waals surface area contributed by atoms with Crippen LogP contribution in [0.25, 0.3) is 0 Å². The lowest BCUT2D eigenvalue weighted by atomic mass is 9.86. The third kappa shape index (κ3) is 4.39. The molecule has 2 fully saturated rings. The molecule has 1 N–H and O–H groups in total. The summed E-state index contributed by atoms with van der Waals surface area (Å²) in [5.74, 6) is -0.706. The lowest BCUT2D eigenvalue weighted by molar-refractivity contribution is -0.385. The predicted molar refractivity (Wildman–Crippen MR) is 101 cm³/mol. The number of methoxy groups -OCH3 is 1. The highest BCUT2D eigenvalue weighted by molar-refractivity contribution is 5.95. The number of ether oxygens (including phenoxy) is 2. The number of anilines is 1. The molecule has 2 aliphatic heterocycles. The lowest BCUT2D eigenvalue weighted by Crippen LogP contribution is -2.57. The zero-order valence-corrected chi connectivity index (χ0v) is 15.7. The average molecular weight is 377 g/mol. The van der Waals surface area contributed by atoms with E-state index in [0.717, 1.165) is 45.7 Å². The van der Waals surface area contributed by atoms with Gasteiger partial charge < -0.3 is 14.8 Å². The first-order valence-electron chi connectivity index (χ1n) is 9.49. The fourth-order valence-electron chi connectivity index (χ4n) is 4.07. The number of hydrogen-bond donors (Lipinski definition) is 1. The maximum absolute atomic E-state index is 11.9. The van der Waals surface area contributed by atoms with Crippen LogP contribution in [0.1, 0.15) is 42.5 Å². The fourth-order valence-corrected chi connectivity index (χ4v) is 4.07. The molecule has 0 saturated carbocycles. The minimum absolute atomic E-state index is 0.0197. The summed E-state index contributed by atoms with van der Waals surface area (Å²) >= 11 is 0. The normalized spacial score (nSPS) is 20.0. The first kappa shape index (κ1) is 19.6. The Labute approximate surface area is 159 Å². The predicted octanol–water partition coefficient (Wildman–Crippen LogP) is 2.83. The molecule has 2 saturated heterocycles. The lowest BCUT2D eigenvalue weighted by Gasteiger charge is -2.48. The molecule has 8 heteroatoms. The summed E-state index contributed by atoms with van der Waals surface area (Å²) in [6.07, 6.45) is 5.62. The number of nitrogens with zero attached hydrogens (tertiary/aromatic N) is 2. The van der Waals surface area contributed by atoms with Crippen molar-refractivity contribution in [2.75, 3.05) is 45.3 Å². The summed E-state index contributed by atoms with van der Waals surface area (Å²) in [5.41, 5.74) is 0.422. The van der Waals surface area contributed by atoms with Gasteiger partial charge in [0.25, 0.3) is 5.69 Å². The summed E-state index contributed by atoms with van der Waals surface area (Å²) in [6, 6.07) is 4.51. The van der Waals surface area contributed by atoms with Gasteiger partial charge in [-0.1, -0.05) is 6.42 Å². The highest BCUT2D eigenvalue weighted by Gasteiger charge is 2.38. The maximum atomic E-state index is 11.9. The van der Waals surface area contributed by atoms with Crippen LogP contribution < -0.4 is 5.32 Å². The van der Waals surface area contributed by atoms with Crippen molar-refractivity contribution in [3.05, 3.63) is 33.9 Å². The highest BCUT2D eigenvalue weighted by atomic mass is 16.6. The Bertz CT molecular complexity index is 682. The molecule has 1 aromatic carbocycles. The molecule has 0 bridgehead atoms. The molecule has 1 aromatic rings. The Balaban J connectivity index is 1.78. The third-order valence-corrected chi connectivity index (χ3v) is 5.67. The van der Waals surface area contributed by atoms with E-state index in [4.69, 9.17) is 9.47 Å². The van der Waals surface area contributed by atoms with Gasteiger partial charge in [-0.2, -0.15) is 0 Å². The number of piperidine rings is 1. The molecule has 0 radical (unpaired) electrons. The third-order valence-electron chi connectivity index (χ3n) is 5.67. The number of esters is 1. The smallest absolute Gasteiger partial charge is 0.344 e. The molecular weight excluding hydrogens is 350 g/mol. The van der Waals surface area contributed by atoms with Crippen LogP contribution in [0.15, 0.2) is 18.2 Å². The van der Waals surface area contributed by atoms with Crippen LogP contribution in [0.5, 0.6) is 0 Å². The van der Waals surface area contributed by atoms with E-state index in [9.17, 15) is 14.9 Å². The molecule has 148 valence electrons. The van der Waals surface area contributed by atoms with E-state index >= 15 is 0 Å². The maximum Gasteiger partial charge on any atom is 0.344 e. The van der Waals surface area contributed by atoms with Crippen molar-refractivity contribution in [1.82, 2.24) is 4.90 Å². The fraction of sp³-hybridized carbons (Fsp3) is 0.632. The Morgan fingerprint density at radius 3 is 2.63 bits per heavy atom. The quantitative estimate of drug-likeness (QED) is 0.463. The molecule has 0 atom stereocenters. The number of carbonyl (C=O) groups is 1. The second kappa shape index (κ2) is 8.67. The zero-order chi connectivity index (χ0) is 19.3. The van der Waals surface area contributed by atoms with Crippen molar-refractivity contribution in [2.24, 2.45) is 0 Å². The molecule has 0 unspecified atom stereocenters. The minimum Gasteiger partial charge on any atom is -0.465 e. The van der Waals surface area contributed by atoms with Gasteiger partial charge in [0.2, 0.25) is 0 Å². The molecule has 3 rings (SSSR count). The average Bonchev–Trinajstić information content (AvgIpc) is 2.72. The first-order valence-corrected chi connectivity index (χ1v) is 9.49. The van der Waals surface area contributed by atoms with E-state index in [0.29, 0.717) is 5.69 Å². The Kier molecular flexibility index (Phi) is 6.28. The van der Waals surface area contributed by atoms with Crippen molar-refractivity contribution in [1.29, 1.82) is 0 Å². The van der Waals surface area contributed by atoms with Crippen molar-refractivity contribution in [3.63, 3.8) is 0 Å². The van der Waals surface area contributed by atoms with Crippen LogP contribution in [0.2, 0.25) is 0 Å². The van der Waals surface area contributed by atoms with Crippen LogP contribution >= 0.6 is 0 Å². The van der Waals surface area contributed by atoms with Crippen molar-refractivity contribution >= 4 is 17.3 Å². The molecule has 0 aromatic heterocycles. The molecule has 0 amide bonds. The van der Waals surface area contributed by atoms with Gasteiger partial charge in [-0.15, -0.1) is 0 Å². The van der Waals surface area contributed by atoms with E-state index in [2.05, 4.69) is 10.2 Å². The van der Waals surface area contributed by atoms with E-state index in [1.807, 2.05) is 0 Å². The molecule has 2 heterocycles. The second-order valence-electron chi connectivity index (χ2n) is 7.22. The summed E-state index contributed by atoms with van der Waals surface area (Å²) in [4.78, 5) is 25.1. The Morgan fingerprint density at radius 2 is 2.00 bits per heavy atom. The SMILES string of the molecule is COC(=O)c1cc(NCC2(N3CCCCC3)CCOCC2)ccc1[N+](=O)[O-]. The van der Waals surface area contributed by atoms with Gasteiger partial charge in [-0.25, -0.2) is 4.79 Å². The molecule has 0 aliphatic carbocycles. The van der Waals surface area contributed by atoms with E-state index in [1.54, 1.807) is 6.07 Å². The van der Waals surface area contributed by atoms with Gasteiger partial charge >= 0.3 is 5.97 Å². The molecule has 0 spiro atoms. The number of carbonyl (C=O) groups excluding carboxylic acids is 1. The van der Waals surface area contributed by atoms with E-state index in [-0.39, 0.29) is 16.8 Å². The van der Waals surface area contributed by atoms with Crippen molar-refractivity contribution in [2.45, 2.75) is 37.6 Å². The Morgan fingerprint density at radius 1 is 1.30 bits per heavy atom. The van der Waals surface area contributed by atoms with Crippen molar-refractivity contribution in [3.8, 4) is 0 Å². The van der Waals surface area contributed by atoms with Gasteiger partial charge in [-0.3, -0.25) is 15.0 Å². The summed E-state index contributed by atoms with van der Waals surface area (Å²) in [5, 5.41) is 14.6. The number of rotatable bonds is 6. The van der Waals surface area contributed by atoms with Gasteiger partial charge in [0.15, 0.2) is 0 Å². The van der Waals surface area contributed by atoms with Crippen LogP contribution in [-0.2, 0) is 9.47 Å². The molecule has 27 heavy (non-hydrogen) atoms. The molecule has 8 nitrogen and oxygen atoms in total. The topological polar surface area (TPSA) is 93.9 Å². The minimum atomic E-state index is -0.706. The van der Waals surface area contributed by atoms with E-state index in [1.165, 1.54) is 38.5 Å². The first-order chi connectivity index (χ1) is 13.1. The number of hydrogen-bond acceptors (Lipinski definition) is 7. The van der Waals surface area contributed by atoms with Crippen LogP contribution in [0.3, 0.4) is 0 Å². The number of benzene rings is 1. The van der Waals surface area contributed by atoms with Gasteiger partial charge in [-0.05, 0) is 50.9 Å². The molecular formula is C19H27N3O5. The van der Waals surface area contributed by atoms with Gasteiger partial charge in [0, 0.05) is 37.1 Å². The largest absolute Gasteiger partial charge is 0.465 e. The van der Waals surface area contributed by atoms with Gasteiger partial charge in [0.1, 0.15) is 5.56 Å². The summed E-state index contributed by atoms with van der Waals surface area (Å²) in [7, 11) is 1.22. The number of likely N-dealkylation sites (tertiary alicyclic amines) is 1. The van der Waals surface area contributed by atoms with Crippen LogP contribution in [0, 0.1) is 10.1 Å². The summed E-state index contributed by atoms with van der Waals surface area (Å²) < 4.78 is 10.3. The van der Waals surface area contributed by atoms with Crippen LogP contribution in [-0.4, -0.2) is 61.3 Å². The molecule has 2 aliphatic rings. The van der Waals surface area contributed by atoms with Gasteiger partial charge in [0.05, 0.1) is 12.0 Å². The van der Waals surface area contributed by atoms with Crippen LogP contribution in [0.4, 0.5) is 11.4 Å². The monoisotopic (exact) mass is 377 g/mol. The summed E-state index contributed by atoms with van der Waals surface area (Å²) in [6.45, 7) is 4.39. The Hall–Kier alpha value is -2.19. The number of nitro groups is 1. The number of nitro benzene ring substituents is 1. The number of nitrogens with one attached hydrogen (secondary N) is 1. The van der Waals surface area contributed by atoms with Crippen molar-refractivity contribution < 1.29 is 19.2 Å². The van der Waals surface area contributed by atoms with E-state index < -0.39 is 10.9 Å².